The minimum atomic E-state index is 0. The van der Waals surface area contributed by atoms with Gasteiger partial charge in [0.15, 0.2) is 0 Å². The molecule has 0 aliphatic heterocycles. The Morgan fingerprint density at radius 1 is 1.08 bits per heavy atom. The first-order chi connectivity index (χ1) is 4.61. The van der Waals surface area contributed by atoms with Gasteiger partial charge in [-0.05, 0) is 6.07 Å². The van der Waals surface area contributed by atoms with Crippen LogP contribution in [-0.2, 0) is 38.1 Å². The van der Waals surface area contributed by atoms with Gasteiger partial charge >= 0.3 is 0 Å². The van der Waals surface area contributed by atoms with Crippen molar-refractivity contribution in [2.24, 2.45) is 0 Å². The summed E-state index contributed by atoms with van der Waals surface area (Å²) in [6, 6.07) is 1.83. The van der Waals surface area contributed by atoms with Crippen molar-refractivity contribution in [3.63, 3.8) is 0 Å². The van der Waals surface area contributed by atoms with E-state index in [9.17, 15) is 0 Å². The van der Waals surface area contributed by atoms with Gasteiger partial charge in [-0.15, -0.1) is 0 Å². The molecule has 0 spiro atoms. The second kappa shape index (κ2) is 5.77. The third-order valence-electron chi connectivity index (χ3n) is 1.24. The molecule has 0 aliphatic rings. The zero-order valence-corrected chi connectivity index (χ0v) is 11.0. The van der Waals surface area contributed by atoms with Crippen molar-refractivity contribution in [1.82, 2.24) is 9.97 Å². The number of nitrogens with zero attached hydrogens (tertiary/aromatic N) is 2. The van der Waals surface area contributed by atoms with Crippen LogP contribution < -0.4 is 0 Å². The summed E-state index contributed by atoms with van der Waals surface area (Å²) in [7, 11) is 0. The maximum Gasteiger partial charge on any atom is 0.133 e. The van der Waals surface area contributed by atoms with Crippen LogP contribution in [-0.4, -0.2) is 9.97 Å². The Bertz CT molecular complexity index is 204. The van der Waals surface area contributed by atoms with Gasteiger partial charge in [0, 0.05) is 50.5 Å². The van der Waals surface area contributed by atoms with Crippen LogP contribution in [0.3, 0.4) is 0 Å². The number of aromatic nitrogens is 2. The third kappa shape index (κ3) is 4.27. The molecule has 1 rings (SSSR count). The number of hydrogen-bond donors (Lipinski definition) is 0. The van der Waals surface area contributed by atoms with Gasteiger partial charge in [0.05, 0.1) is 0 Å². The van der Waals surface area contributed by atoms with Crippen LogP contribution in [0.5, 0.6) is 0 Å². The Morgan fingerprint density at radius 3 is 1.75 bits per heavy atom. The molecule has 0 aromatic carbocycles. The molecule has 2 nitrogen and oxygen atoms in total. The largest absolute Gasteiger partial charge is 0.358 e. The minimum absolute atomic E-state index is 0. The molecular weight excluding hydrogens is 225 g/mol. The zero-order valence-electron chi connectivity index (χ0n) is 8.20. The average Bonchev–Trinajstić information content (AvgIpc) is 1.88. The van der Waals surface area contributed by atoms with Crippen LogP contribution >= 0.6 is 0 Å². The van der Waals surface area contributed by atoms with Crippen molar-refractivity contribution in [2.45, 2.75) is 26.2 Å². The summed E-state index contributed by atoms with van der Waals surface area (Å²) >= 11 is 0. The summed E-state index contributed by atoms with van der Waals surface area (Å²) in [4.78, 5) is 8.28. The Kier molecular flexibility index (Phi) is 7.06. The minimum Gasteiger partial charge on any atom is -0.358 e. The summed E-state index contributed by atoms with van der Waals surface area (Å²) in [5.74, 6) is 0.898. The van der Waals surface area contributed by atoms with E-state index >= 15 is 0 Å². The molecule has 65 valence electrons. The first-order valence-electron chi connectivity index (χ1n) is 3.38. The molecule has 0 saturated carbocycles. The van der Waals surface area contributed by atoms with Crippen LogP contribution in [0.2, 0.25) is 0 Å². The maximum atomic E-state index is 4.14. The van der Waals surface area contributed by atoms with Gasteiger partial charge in [0.25, 0.3) is 0 Å². The van der Waals surface area contributed by atoms with Crippen LogP contribution in [0.25, 0.3) is 0 Å². The van der Waals surface area contributed by atoms with Crippen molar-refractivity contribution < 1.29 is 32.7 Å². The first-order valence-corrected chi connectivity index (χ1v) is 3.38. The van der Waals surface area contributed by atoms with E-state index in [1.54, 1.807) is 12.4 Å². The first kappa shape index (κ1) is 14.7. The van der Waals surface area contributed by atoms with E-state index in [-0.39, 0.29) is 45.6 Å². The molecule has 1 heterocycles. The summed E-state index contributed by atoms with van der Waals surface area (Å²) in [6.45, 7) is 6.30. The zero-order chi connectivity index (χ0) is 7.61. The Hall–Kier alpha value is 0.184. The van der Waals surface area contributed by atoms with Gasteiger partial charge in [0.2, 0.25) is 0 Å². The van der Waals surface area contributed by atoms with Gasteiger partial charge in [-0.2, -0.15) is 0 Å². The Balaban J connectivity index is 0. The Labute approximate surface area is 100 Å². The van der Waals surface area contributed by atoms with E-state index < -0.39 is 0 Å². The van der Waals surface area contributed by atoms with Gasteiger partial charge < -0.3 is 7.43 Å². The molecule has 0 N–H and O–H groups in total. The second-order valence-electron chi connectivity index (χ2n) is 3.32. The summed E-state index contributed by atoms with van der Waals surface area (Å²) in [5, 5.41) is 0. The molecular formula is C9H15N2Y-. The topological polar surface area (TPSA) is 25.8 Å². The van der Waals surface area contributed by atoms with Crippen molar-refractivity contribution in [3.8, 4) is 0 Å². The fraction of sp³-hybridized carbons (Fsp3) is 0.444. The van der Waals surface area contributed by atoms with Crippen molar-refractivity contribution in [3.05, 3.63) is 31.7 Å². The van der Waals surface area contributed by atoms with Crippen molar-refractivity contribution >= 4 is 0 Å². The fourth-order valence-corrected chi connectivity index (χ4v) is 0.686. The molecule has 1 aromatic heterocycles. The fourth-order valence-electron chi connectivity index (χ4n) is 0.686. The van der Waals surface area contributed by atoms with Crippen LogP contribution in [0.4, 0.5) is 0 Å². The molecule has 0 unspecified atom stereocenters. The average molecular weight is 240 g/mol. The molecule has 0 bridgehead atoms. The van der Waals surface area contributed by atoms with Gasteiger partial charge in [-0.25, -0.2) is 9.97 Å². The normalized spacial score (nSPS) is 9.58. The SMILES string of the molecule is CC(C)(C)c1ncccn1.[CH3-].[Y]. The smallest absolute Gasteiger partial charge is 0.133 e. The molecule has 0 fully saturated rings. The molecule has 3 heteroatoms. The summed E-state index contributed by atoms with van der Waals surface area (Å²) < 4.78 is 0. The third-order valence-corrected chi connectivity index (χ3v) is 1.24. The van der Waals surface area contributed by atoms with Crippen LogP contribution in [0.15, 0.2) is 18.5 Å². The van der Waals surface area contributed by atoms with E-state index in [0.29, 0.717) is 0 Å². The van der Waals surface area contributed by atoms with E-state index in [1.807, 2.05) is 6.07 Å². The second-order valence-corrected chi connectivity index (χ2v) is 3.32. The van der Waals surface area contributed by atoms with Crippen LogP contribution in [0, 0.1) is 7.43 Å². The van der Waals surface area contributed by atoms with Gasteiger partial charge in [0.1, 0.15) is 5.82 Å². The monoisotopic (exact) mass is 240 g/mol. The van der Waals surface area contributed by atoms with E-state index in [4.69, 9.17) is 0 Å². The molecule has 1 aromatic rings. The molecule has 0 atom stereocenters. The van der Waals surface area contributed by atoms with E-state index in [0.717, 1.165) is 5.82 Å². The van der Waals surface area contributed by atoms with Gasteiger partial charge in [-0.3, -0.25) is 0 Å². The standard InChI is InChI=1S/C8H12N2.CH3.Y/c1-8(2,3)7-9-5-4-6-10-7;;/h4-6H,1-3H3;1H3;/q;-1;. The molecule has 12 heavy (non-hydrogen) atoms. The quantitative estimate of drug-likeness (QED) is 0.650. The summed E-state index contributed by atoms with van der Waals surface area (Å²) in [5.41, 5.74) is 0.0707. The molecule has 0 saturated heterocycles. The maximum absolute atomic E-state index is 4.14. The Morgan fingerprint density at radius 2 is 1.50 bits per heavy atom. The number of hydrogen-bond acceptors (Lipinski definition) is 2. The molecule has 0 aliphatic carbocycles. The van der Waals surface area contributed by atoms with Gasteiger partial charge in [-0.1, -0.05) is 20.8 Å². The van der Waals surface area contributed by atoms with Crippen LogP contribution in [0.1, 0.15) is 26.6 Å². The van der Waals surface area contributed by atoms with E-state index in [2.05, 4.69) is 30.7 Å². The predicted octanol–water partition coefficient (Wildman–Crippen LogP) is 2.22. The summed E-state index contributed by atoms with van der Waals surface area (Å²) in [6.07, 6.45) is 3.54. The van der Waals surface area contributed by atoms with Crippen molar-refractivity contribution in [1.29, 1.82) is 0 Å². The predicted molar refractivity (Wildman–Crippen MR) is 47.1 cm³/mol. The number of rotatable bonds is 0. The molecule has 0 amide bonds. The van der Waals surface area contributed by atoms with Crippen molar-refractivity contribution in [2.75, 3.05) is 0 Å². The molecule has 1 radical (unpaired) electrons. The van der Waals surface area contributed by atoms with E-state index in [1.165, 1.54) is 0 Å².